The molecule has 2 rings (SSSR count). The first-order valence-corrected chi connectivity index (χ1v) is 8.43. The van der Waals surface area contributed by atoms with Gasteiger partial charge in [0.1, 0.15) is 0 Å². The average Bonchev–Trinajstić information content (AvgIpc) is 2.37. The summed E-state index contributed by atoms with van der Waals surface area (Å²) in [5.41, 5.74) is 6.40. The molecular formula is C17H32N2O. The number of nitrogens with two attached hydrogens (primary N) is 1. The van der Waals surface area contributed by atoms with E-state index in [2.05, 4.69) is 26.1 Å². The minimum absolute atomic E-state index is 0.172. The zero-order valence-electron chi connectivity index (χ0n) is 13.5. The Labute approximate surface area is 124 Å². The molecule has 2 saturated carbocycles. The normalized spacial score (nSPS) is 29.6. The molecule has 0 saturated heterocycles. The maximum absolute atomic E-state index is 12.1. The van der Waals surface area contributed by atoms with Gasteiger partial charge in [-0.15, -0.1) is 0 Å². The zero-order chi connectivity index (χ0) is 14.8. The van der Waals surface area contributed by atoms with Gasteiger partial charge in [0, 0.05) is 18.0 Å². The van der Waals surface area contributed by atoms with Crippen molar-refractivity contribution in [2.24, 2.45) is 17.1 Å². The van der Waals surface area contributed by atoms with E-state index in [0.717, 1.165) is 31.6 Å². The number of rotatable bonds is 5. The van der Waals surface area contributed by atoms with E-state index in [4.69, 9.17) is 5.73 Å². The number of amides is 1. The van der Waals surface area contributed by atoms with Gasteiger partial charge < -0.3 is 11.1 Å². The topological polar surface area (TPSA) is 55.1 Å². The second-order valence-electron chi connectivity index (χ2n) is 7.85. The summed E-state index contributed by atoms with van der Waals surface area (Å²) < 4.78 is 0. The average molecular weight is 280 g/mol. The second-order valence-corrected chi connectivity index (χ2v) is 7.85. The van der Waals surface area contributed by atoms with Gasteiger partial charge in [-0.3, -0.25) is 4.79 Å². The Morgan fingerprint density at radius 1 is 1.25 bits per heavy atom. The van der Waals surface area contributed by atoms with Crippen molar-refractivity contribution in [3.8, 4) is 0 Å². The molecule has 0 bridgehead atoms. The number of nitrogens with one attached hydrogen (secondary N) is 1. The third-order valence-corrected chi connectivity index (χ3v) is 5.97. The lowest BCUT2D eigenvalue weighted by Gasteiger charge is -2.40. The fraction of sp³-hybridized carbons (Fsp3) is 0.941. The Morgan fingerprint density at radius 3 is 2.30 bits per heavy atom. The highest BCUT2D eigenvalue weighted by Crippen LogP contribution is 2.40. The van der Waals surface area contributed by atoms with Crippen molar-refractivity contribution in [3.05, 3.63) is 0 Å². The van der Waals surface area contributed by atoms with E-state index in [-0.39, 0.29) is 11.4 Å². The molecule has 2 fully saturated rings. The highest BCUT2D eigenvalue weighted by molar-refractivity contribution is 5.77. The fourth-order valence-corrected chi connectivity index (χ4v) is 3.71. The quantitative estimate of drug-likeness (QED) is 0.811. The summed E-state index contributed by atoms with van der Waals surface area (Å²) in [4.78, 5) is 12.1. The van der Waals surface area contributed by atoms with Gasteiger partial charge in [-0.25, -0.2) is 0 Å². The molecule has 0 aliphatic heterocycles. The summed E-state index contributed by atoms with van der Waals surface area (Å²) in [7, 11) is 0. The molecule has 2 aliphatic carbocycles. The molecule has 2 aliphatic rings. The molecular weight excluding hydrogens is 248 g/mol. The smallest absolute Gasteiger partial charge is 0.222 e. The molecule has 0 radical (unpaired) electrons. The van der Waals surface area contributed by atoms with Crippen molar-refractivity contribution in [1.82, 2.24) is 5.32 Å². The van der Waals surface area contributed by atoms with Gasteiger partial charge in [-0.1, -0.05) is 27.2 Å². The highest BCUT2D eigenvalue weighted by Gasteiger charge is 2.36. The van der Waals surface area contributed by atoms with Crippen LogP contribution in [-0.2, 0) is 4.79 Å². The molecule has 3 nitrogen and oxygen atoms in total. The molecule has 0 aromatic heterocycles. The molecule has 1 amide bonds. The van der Waals surface area contributed by atoms with Crippen molar-refractivity contribution in [2.45, 2.75) is 90.1 Å². The fourth-order valence-electron chi connectivity index (χ4n) is 3.71. The van der Waals surface area contributed by atoms with Crippen LogP contribution in [0.5, 0.6) is 0 Å². The summed E-state index contributed by atoms with van der Waals surface area (Å²) >= 11 is 0. The molecule has 0 atom stereocenters. The number of carbonyl (C=O) groups excluding carboxylic acids is 1. The lowest BCUT2D eigenvalue weighted by Crippen LogP contribution is -2.51. The minimum atomic E-state index is -0.189. The third-order valence-electron chi connectivity index (χ3n) is 5.97. The van der Waals surface area contributed by atoms with Gasteiger partial charge in [-0.2, -0.15) is 0 Å². The van der Waals surface area contributed by atoms with Crippen LogP contribution in [-0.4, -0.2) is 17.5 Å². The van der Waals surface area contributed by atoms with Crippen LogP contribution in [0.3, 0.4) is 0 Å². The monoisotopic (exact) mass is 280 g/mol. The Morgan fingerprint density at radius 2 is 1.85 bits per heavy atom. The largest absolute Gasteiger partial charge is 0.353 e. The van der Waals surface area contributed by atoms with Gasteiger partial charge in [-0.05, 0) is 56.3 Å². The van der Waals surface area contributed by atoms with Crippen molar-refractivity contribution in [2.75, 3.05) is 0 Å². The van der Waals surface area contributed by atoms with E-state index < -0.39 is 0 Å². The Bertz CT molecular complexity index is 339. The number of carbonyl (C=O) groups is 1. The maximum atomic E-state index is 12.1. The van der Waals surface area contributed by atoms with E-state index in [1.54, 1.807) is 0 Å². The number of hydrogen-bond donors (Lipinski definition) is 2. The van der Waals surface area contributed by atoms with Crippen LogP contribution in [0.1, 0.15) is 78.6 Å². The third kappa shape index (κ3) is 3.75. The van der Waals surface area contributed by atoms with E-state index in [0.29, 0.717) is 17.9 Å². The van der Waals surface area contributed by atoms with Gasteiger partial charge in [0.2, 0.25) is 5.91 Å². The molecule has 3 heteroatoms. The van der Waals surface area contributed by atoms with E-state index in [1.807, 2.05) is 0 Å². The van der Waals surface area contributed by atoms with Gasteiger partial charge in [0.15, 0.2) is 0 Å². The van der Waals surface area contributed by atoms with Crippen LogP contribution in [0, 0.1) is 11.3 Å². The molecule has 0 heterocycles. The summed E-state index contributed by atoms with van der Waals surface area (Å²) in [6, 6.07) is 0.384. The molecule has 3 N–H and O–H groups in total. The second kappa shape index (κ2) is 6.05. The maximum Gasteiger partial charge on any atom is 0.222 e. The Balaban J connectivity index is 1.73. The van der Waals surface area contributed by atoms with Crippen molar-refractivity contribution in [1.29, 1.82) is 0 Å². The van der Waals surface area contributed by atoms with E-state index in [9.17, 15) is 4.79 Å². The molecule has 0 spiro atoms. The predicted molar refractivity (Wildman–Crippen MR) is 83.3 cm³/mol. The molecule has 116 valence electrons. The van der Waals surface area contributed by atoms with Crippen LogP contribution >= 0.6 is 0 Å². The lowest BCUT2D eigenvalue weighted by atomic mass is 9.69. The highest BCUT2D eigenvalue weighted by atomic mass is 16.1. The van der Waals surface area contributed by atoms with Crippen LogP contribution in [0.15, 0.2) is 0 Å². The van der Waals surface area contributed by atoms with Crippen molar-refractivity contribution in [3.63, 3.8) is 0 Å². The minimum Gasteiger partial charge on any atom is -0.353 e. The first kappa shape index (κ1) is 15.8. The van der Waals surface area contributed by atoms with Gasteiger partial charge in [0.05, 0.1) is 0 Å². The Hall–Kier alpha value is -0.570. The summed E-state index contributed by atoms with van der Waals surface area (Å²) in [5, 5.41) is 3.21. The lowest BCUT2D eigenvalue weighted by molar-refractivity contribution is -0.124. The van der Waals surface area contributed by atoms with Crippen LogP contribution in [0.2, 0.25) is 0 Å². The molecule has 0 aromatic rings. The first-order valence-electron chi connectivity index (χ1n) is 8.43. The SMILES string of the molecule is CCC(C)(C)C1CCC(NC(=O)CC2(N)CCC2)CC1. The molecule has 20 heavy (non-hydrogen) atoms. The van der Waals surface area contributed by atoms with Crippen molar-refractivity contribution < 1.29 is 4.79 Å². The zero-order valence-corrected chi connectivity index (χ0v) is 13.5. The standard InChI is InChI=1S/C17H32N2O/c1-4-16(2,3)13-6-8-14(9-7-13)19-15(20)12-17(18)10-5-11-17/h13-14H,4-12,18H2,1-3H3,(H,19,20). The predicted octanol–water partition coefficient (Wildman–Crippen LogP) is 3.37. The molecule has 0 unspecified atom stereocenters. The first-order chi connectivity index (χ1) is 9.35. The molecule has 0 aromatic carbocycles. The summed E-state index contributed by atoms with van der Waals surface area (Å²) in [6.45, 7) is 7.05. The van der Waals surface area contributed by atoms with Crippen molar-refractivity contribution >= 4 is 5.91 Å². The number of hydrogen-bond acceptors (Lipinski definition) is 2. The van der Waals surface area contributed by atoms with E-state index >= 15 is 0 Å². The summed E-state index contributed by atoms with van der Waals surface area (Å²) in [5.74, 6) is 0.985. The van der Waals surface area contributed by atoms with E-state index in [1.165, 1.54) is 25.7 Å². The van der Waals surface area contributed by atoms with Crippen LogP contribution in [0.25, 0.3) is 0 Å². The van der Waals surface area contributed by atoms with Gasteiger partial charge >= 0.3 is 0 Å². The summed E-state index contributed by atoms with van der Waals surface area (Å²) in [6.07, 6.45) is 9.74. The Kier molecular flexibility index (Phi) is 4.78. The van der Waals surface area contributed by atoms with Crippen LogP contribution < -0.4 is 11.1 Å². The van der Waals surface area contributed by atoms with Crippen LogP contribution in [0.4, 0.5) is 0 Å². The van der Waals surface area contributed by atoms with Gasteiger partial charge in [0.25, 0.3) is 0 Å².